The smallest absolute Gasteiger partial charge is 0.141 e. The lowest BCUT2D eigenvalue weighted by Crippen LogP contribution is -2.06. The number of carbonyl (C=O) groups excluding carboxylic acids is 1. The van der Waals surface area contributed by atoms with Gasteiger partial charge in [0.1, 0.15) is 17.3 Å². The van der Waals surface area contributed by atoms with E-state index in [0.29, 0.717) is 29.9 Å². The van der Waals surface area contributed by atoms with Gasteiger partial charge in [0.15, 0.2) is 0 Å². The third-order valence-electron chi connectivity index (χ3n) is 3.79. The first-order valence-electron chi connectivity index (χ1n) is 8.05. The Labute approximate surface area is 147 Å². The highest BCUT2D eigenvalue weighted by atomic mass is 16.5. The molecule has 0 aliphatic heterocycles. The van der Waals surface area contributed by atoms with Crippen LogP contribution in [0.25, 0.3) is 0 Å². The number of nitriles is 1. The van der Waals surface area contributed by atoms with E-state index in [4.69, 9.17) is 10.00 Å². The standard InChI is InChI=1S/C22H17NO2/c23-16-19-8-12-22(13-9-19)25-21-10-6-18(7-11-21)15-20(24)14-17-4-2-1-3-5-17/h1-13H,14-15H2. The fraction of sp³-hybridized carbons (Fsp3) is 0.0909. The lowest BCUT2D eigenvalue weighted by Gasteiger charge is -2.07. The second kappa shape index (κ2) is 7.94. The van der Waals surface area contributed by atoms with Gasteiger partial charge in [-0.2, -0.15) is 5.26 Å². The molecule has 0 aliphatic rings. The maximum absolute atomic E-state index is 12.2. The quantitative estimate of drug-likeness (QED) is 0.659. The van der Waals surface area contributed by atoms with E-state index in [9.17, 15) is 4.79 Å². The molecule has 0 N–H and O–H groups in total. The molecule has 3 rings (SSSR count). The number of hydrogen-bond donors (Lipinski definition) is 0. The summed E-state index contributed by atoms with van der Waals surface area (Å²) in [6.45, 7) is 0. The molecule has 3 nitrogen and oxygen atoms in total. The molecule has 0 unspecified atom stereocenters. The van der Waals surface area contributed by atoms with Crippen LogP contribution in [0.15, 0.2) is 78.9 Å². The molecule has 0 radical (unpaired) electrons. The molecule has 0 aromatic heterocycles. The van der Waals surface area contributed by atoms with Crippen LogP contribution in [0, 0.1) is 11.3 Å². The van der Waals surface area contributed by atoms with Gasteiger partial charge in [-0.1, -0.05) is 42.5 Å². The minimum atomic E-state index is 0.187. The van der Waals surface area contributed by atoms with Gasteiger partial charge in [0.25, 0.3) is 0 Å². The molecule has 0 spiro atoms. The van der Waals surface area contributed by atoms with Crippen LogP contribution in [0.1, 0.15) is 16.7 Å². The first-order valence-corrected chi connectivity index (χ1v) is 8.05. The van der Waals surface area contributed by atoms with Crippen LogP contribution in [0.2, 0.25) is 0 Å². The Hall–Kier alpha value is -3.38. The lowest BCUT2D eigenvalue weighted by atomic mass is 10.0. The molecule has 0 heterocycles. The van der Waals surface area contributed by atoms with Crippen LogP contribution in [0.4, 0.5) is 0 Å². The molecular weight excluding hydrogens is 310 g/mol. The highest BCUT2D eigenvalue weighted by molar-refractivity contribution is 5.83. The van der Waals surface area contributed by atoms with Crippen molar-refractivity contribution in [3.8, 4) is 17.6 Å². The van der Waals surface area contributed by atoms with Crippen molar-refractivity contribution in [2.24, 2.45) is 0 Å². The van der Waals surface area contributed by atoms with Gasteiger partial charge in [0, 0.05) is 12.8 Å². The van der Waals surface area contributed by atoms with Gasteiger partial charge < -0.3 is 4.74 Å². The molecule has 25 heavy (non-hydrogen) atoms. The summed E-state index contributed by atoms with van der Waals surface area (Å²) >= 11 is 0. The number of rotatable bonds is 6. The van der Waals surface area contributed by atoms with Crippen molar-refractivity contribution in [2.75, 3.05) is 0 Å². The molecule has 3 aromatic carbocycles. The van der Waals surface area contributed by atoms with Crippen molar-refractivity contribution in [3.05, 3.63) is 95.6 Å². The van der Waals surface area contributed by atoms with Crippen LogP contribution in [-0.2, 0) is 17.6 Å². The van der Waals surface area contributed by atoms with Crippen molar-refractivity contribution < 1.29 is 9.53 Å². The Kier molecular flexibility index (Phi) is 5.23. The van der Waals surface area contributed by atoms with Gasteiger partial charge in [-0.3, -0.25) is 4.79 Å². The normalized spacial score (nSPS) is 10.0. The van der Waals surface area contributed by atoms with Crippen LogP contribution in [-0.4, -0.2) is 5.78 Å². The maximum atomic E-state index is 12.2. The summed E-state index contributed by atoms with van der Waals surface area (Å²) < 4.78 is 5.74. The van der Waals surface area contributed by atoms with Gasteiger partial charge >= 0.3 is 0 Å². The number of carbonyl (C=O) groups is 1. The highest BCUT2D eigenvalue weighted by Gasteiger charge is 2.06. The Bertz CT molecular complexity index is 876. The zero-order valence-electron chi connectivity index (χ0n) is 13.7. The summed E-state index contributed by atoms with van der Waals surface area (Å²) in [7, 11) is 0. The third-order valence-corrected chi connectivity index (χ3v) is 3.79. The molecule has 0 atom stereocenters. The van der Waals surface area contributed by atoms with Gasteiger partial charge in [-0.15, -0.1) is 0 Å². The van der Waals surface area contributed by atoms with E-state index in [1.807, 2.05) is 54.6 Å². The summed E-state index contributed by atoms with van der Waals surface area (Å²) in [6.07, 6.45) is 0.858. The summed E-state index contributed by atoms with van der Waals surface area (Å²) in [5.74, 6) is 1.56. The number of ketones is 1. The van der Waals surface area contributed by atoms with E-state index < -0.39 is 0 Å². The van der Waals surface area contributed by atoms with Crippen LogP contribution >= 0.6 is 0 Å². The number of Topliss-reactive ketones (excluding diaryl/α,β-unsaturated/α-hetero) is 1. The predicted octanol–water partition coefficient (Wildman–Crippen LogP) is 4.70. The number of nitrogens with zero attached hydrogens (tertiary/aromatic N) is 1. The Balaban J connectivity index is 1.58. The molecule has 3 aromatic rings. The summed E-state index contributed by atoms with van der Waals surface area (Å²) in [4.78, 5) is 12.2. The molecular formula is C22H17NO2. The van der Waals surface area contributed by atoms with Crippen molar-refractivity contribution in [3.63, 3.8) is 0 Å². The first-order chi connectivity index (χ1) is 12.2. The molecule has 0 fully saturated rings. The second-order valence-electron chi connectivity index (χ2n) is 5.76. The van der Waals surface area contributed by atoms with Gasteiger partial charge in [-0.05, 0) is 47.5 Å². The number of hydrogen-bond acceptors (Lipinski definition) is 3. The second-order valence-corrected chi connectivity index (χ2v) is 5.76. The van der Waals surface area contributed by atoms with Gasteiger partial charge in [-0.25, -0.2) is 0 Å². The Morgan fingerprint density at radius 1 is 0.760 bits per heavy atom. The average molecular weight is 327 g/mol. The molecule has 122 valence electrons. The molecule has 0 saturated carbocycles. The zero-order valence-corrected chi connectivity index (χ0v) is 13.7. The highest BCUT2D eigenvalue weighted by Crippen LogP contribution is 2.22. The first kappa shape index (κ1) is 16.5. The molecule has 3 heteroatoms. The molecule has 0 aliphatic carbocycles. The SMILES string of the molecule is N#Cc1ccc(Oc2ccc(CC(=O)Cc3ccccc3)cc2)cc1. The minimum absolute atomic E-state index is 0.187. The summed E-state index contributed by atoms with van der Waals surface area (Å²) in [5.41, 5.74) is 2.60. The number of ether oxygens (including phenoxy) is 1. The van der Waals surface area contributed by atoms with E-state index in [1.165, 1.54) is 0 Å². The minimum Gasteiger partial charge on any atom is -0.457 e. The van der Waals surface area contributed by atoms with Crippen molar-refractivity contribution in [1.82, 2.24) is 0 Å². The van der Waals surface area contributed by atoms with E-state index >= 15 is 0 Å². The molecule has 0 saturated heterocycles. The summed E-state index contributed by atoms with van der Waals surface area (Å²) in [6, 6.07) is 26.3. The van der Waals surface area contributed by atoms with E-state index in [-0.39, 0.29) is 5.78 Å². The third kappa shape index (κ3) is 4.79. The largest absolute Gasteiger partial charge is 0.457 e. The fourth-order valence-corrected chi connectivity index (χ4v) is 2.52. The number of benzene rings is 3. The van der Waals surface area contributed by atoms with Crippen LogP contribution in [0.5, 0.6) is 11.5 Å². The van der Waals surface area contributed by atoms with Gasteiger partial charge in [0.05, 0.1) is 11.6 Å². The fourth-order valence-electron chi connectivity index (χ4n) is 2.52. The monoisotopic (exact) mass is 327 g/mol. The van der Waals surface area contributed by atoms with E-state index in [2.05, 4.69) is 6.07 Å². The Morgan fingerprint density at radius 3 is 1.84 bits per heavy atom. The zero-order chi connectivity index (χ0) is 17.5. The predicted molar refractivity (Wildman–Crippen MR) is 96.5 cm³/mol. The van der Waals surface area contributed by atoms with E-state index in [1.54, 1.807) is 24.3 Å². The van der Waals surface area contributed by atoms with E-state index in [0.717, 1.165) is 11.1 Å². The Morgan fingerprint density at radius 2 is 1.28 bits per heavy atom. The summed E-state index contributed by atoms with van der Waals surface area (Å²) in [5, 5.41) is 8.80. The lowest BCUT2D eigenvalue weighted by molar-refractivity contribution is -0.117. The molecule has 0 bridgehead atoms. The van der Waals surface area contributed by atoms with Crippen molar-refractivity contribution in [1.29, 1.82) is 5.26 Å². The van der Waals surface area contributed by atoms with Crippen molar-refractivity contribution >= 4 is 5.78 Å². The topological polar surface area (TPSA) is 50.1 Å². The average Bonchev–Trinajstić information content (AvgIpc) is 2.65. The maximum Gasteiger partial charge on any atom is 0.141 e. The van der Waals surface area contributed by atoms with Gasteiger partial charge in [0.2, 0.25) is 0 Å². The van der Waals surface area contributed by atoms with Crippen molar-refractivity contribution in [2.45, 2.75) is 12.8 Å². The van der Waals surface area contributed by atoms with Crippen LogP contribution < -0.4 is 4.74 Å². The molecule has 0 amide bonds. The van der Waals surface area contributed by atoms with Crippen LogP contribution in [0.3, 0.4) is 0 Å².